The van der Waals surface area contributed by atoms with Gasteiger partial charge in [0.2, 0.25) is 0 Å². The molecule has 1 fully saturated rings. The number of hydrogen-bond donors (Lipinski definition) is 1. The Morgan fingerprint density at radius 3 is 2.70 bits per heavy atom. The molecule has 120 valence electrons. The minimum atomic E-state index is 0.0109. The lowest BCUT2D eigenvalue weighted by molar-refractivity contribution is 0.0302. The number of pyridine rings is 1. The molecule has 1 aliphatic rings. The van der Waals surface area contributed by atoms with E-state index in [0.29, 0.717) is 31.9 Å². The highest BCUT2D eigenvalue weighted by molar-refractivity contribution is 5.94. The molecule has 0 saturated carbocycles. The van der Waals surface area contributed by atoms with E-state index in [0.717, 1.165) is 5.69 Å². The molecular weight excluding hydrogens is 290 g/mol. The molecule has 1 aliphatic heterocycles. The summed E-state index contributed by atoms with van der Waals surface area (Å²) in [6, 6.07) is 12.2. The van der Waals surface area contributed by atoms with Crippen LogP contribution >= 0.6 is 0 Å². The standard InChI is InChI=1S/C18H21N3O2/c1-14(15-5-3-2-4-6-15)20-17-11-16(12-19-13-17)18(22)21-7-9-23-10-8-21/h2-6,11-14,20H,7-10H2,1H3. The maximum atomic E-state index is 12.5. The van der Waals surface area contributed by atoms with Crippen LogP contribution in [0.3, 0.4) is 0 Å². The molecule has 1 amide bonds. The lowest BCUT2D eigenvalue weighted by Crippen LogP contribution is -2.40. The van der Waals surface area contributed by atoms with Crippen LogP contribution in [0, 0.1) is 0 Å². The van der Waals surface area contributed by atoms with E-state index in [1.165, 1.54) is 5.56 Å². The van der Waals surface area contributed by atoms with Gasteiger partial charge in [-0.1, -0.05) is 30.3 Å². The SMILES string of the molecule is CC(Nc1cncc(C(=O)N2CCOCC2)c1)c1ccccc1. The smallest absolute Gasteiger partial charge is 0.255 e. The molecule has 0 radical (unpaired) electrons. The molecule has 1 unspecified atom stereocenters. The Morgan fingerprint density at radius 2 is 1.96 bits per heavy atom. The molecule has 1 aromatic carbocycles. The van der Waals surface area contributed by atoms with E-state index in [2.05, 4.69) is 29.4 Å². The van der Waals surface area contributed by atoms with E-state index in [1.54, 1.807) is 12.4 Å². The number of anilines is 1. The zero-order valence-corrected chi connectivity index (χ0v) is 13.2. The van der Waals surface area contributed by atoms with E-state index in [-0.39, 0.29) is 11.9 Å². The molecule has 5 heteroatoms. The lowest BCUT2D eigenvalue weighted by atomic mass is 10.1. The van der Waals surface area contributed by atoms with Gasteiger partial charge in [0.1, 0.15) is 0 Å². The largest absolute Gasteiger partial charge is 0.378 e. The average Bonchev–Trinajstić information content (AvgIpc) is 2.63. The third-order valence-corrected chi connectivity index (χ3v) is 3.97. The molecule has 3 rings (SSSR count). The molecule has 1 atom stereocenters. The highest BCUT2D eigenvalue weighted by atomic mass is 16.5. The first-order valence-corrected chi connectivity index (χ1v) is 7.87. The summed E-state index contributed by atoms with van der Waals surface area (Å²) >= 11 is 0. The topological polar surface area (TPSA) is 54.5 Å². The number of hydrogen-bond acceptors (Lipinski definition) is 4. The van der Waals surface area contributed by atoms with Crippen molar-refractivity contribution >= 4 is 11.6 Å². The molecule has 2 aromatic rings. The van der Waals surface area contributed by atoms with Gasteiger partial charge in [-0.25, -0.2) is 0 Å². The minimum absolute atomic E-state index is 0.0109. The molecule has 0 aliphatic carbocycles. The Hall–Kier alpha value is -2.40. The monoisotopic (exact) mass is 311 g/mol. The van der Waals surface area contributed by atoms with Crippen LogP contribution in [0.25, 0.3) is 0 Å². The number of ether oxygens (including phenoxy) is 1. The number of aromatic nitrogens is 1. The van der Waals surface area contributed by atoms with Crippen LogP contribution in [0.2, 0.25) is 0 Å². The molecule has 5 nitrogen and oxygen atoms in total. The van der Waals surface area contributed by atoms with Gasteiger partial charge in [0.05, 0.1) is 24.5 Å². The number of carbonyl (C=O) groups is 1. The number of carbonyl (C=O) groups excluding carboxylic acids is 1. The van der Waals surface area contributed by atoms with Crippen LogP contribution in [-0.2, 0) is 4.74 Å². The second-order valence-corrected chi connectivity index (χ2v) is 5.64. The number of amides is 1. The second-order valence-electron chi connectivity index (χ2n) is 5.64. The lowest BCUT2D eigenvalue weighted by Gasteiger charge is -2.27. The van der Waals surface area contributed by atoms with Gasteiger partial charge in [-0.3, -0.25) is 9.78 Å². The van der Waals surface area contributed by atoms with Crippen LogP contribution in [0.5, 0.6) is 0 Å². The van der Waals surface area contributed by atoms with E-state index >= 15 is 0 Å². The normalized spacial score (nSPS) is 16.0. The van der Waals surface area contributed by atoms with Crippen molar-refractivity contribution in [2.45, 2.75) is 13.0 Å². The van der Waals surface area contributed by atoms with Crippen LogP contribution in [0.1, 0.15) is 28.9 Å². The highest BCUT2D eigenvalue weighted by Crippen LogP contribution is 2.19. The van der Waals surface area contributed by atoms with Crippen molar-refractivity contribution < 1.29 is 9.53 Å². The van der Waals surface area contributed by atoms with Crippen molar-refractivity contribution in [3.8, 4) is 0 Å². The highest BCUT2D eigenvalue weighted by Gasteiger charge is 2.19. The summed E-state index contributed by atoms with van der Waals surface area (Å²) in [7, 11) is 0. The van der Waals surface area contributed by atoms with E-state index < -0.39 is 0 Å². The van der Waals surface area contributed by atoms with Gasteiger partial charge in [-0.15, -0.1) is 0 Å². The Balaban J connectivity index is 1.71. The first-order valence-electron chi connectivity index (χ1n) is 7.87. The number of nitrogens with one attached hydrogen (secondary N) is 1. The van der Waals surface area contributed by atoms with E-state index in [9.17, 15) is 4.79 Å². The molecule has 0 spiro atoms. The quantitative estimate of drug-likeness (QED) is 0.943. The van der Waals surface area contributed by atoms with Gasteiger partial charge in [-0.05, 0) is 18.6 Å². The molecule has 0 bridgehead atoms. The molecular formula is C18H21N3O2. The molecule has 23 heavy (non-hydrogen) atoms. The third kappa shape index (κ3) is 3.87. The fraction of sp³-hybridized carbons (Fsp3) is 0.333. The van der Waals surface area contributed by atoms with E-state index in [1.807, 2.05) is 29.2 Å². The van der Waals surface area contributed by atoms with Gasteiger partial charge in [-0.2, -0.15) is 0 Å². The van der Waals surface area contributed by atoms with Crippen LogP contribution in [-0.4, -0.2) is 42.1 Å². The van der Waals surface area contributed by atoms with Crippen molar-refractivity contribution in [2.24, 2.45) is 0 Å². The second kappa shape index (κ2) is 7.24. The summed E-state index contributed by atoms with van der Waals surface area (Å²) in [6.07, 6.45) is 3.37. The summed E-state index contributed by atoms with van der Waals surface area (Å²) in [5.74, 6) is 0.0109. The number of benzene rings is 1. The molecule has 1 aromatic heterocycles. The summed E-state index contributed by atoms with van der Waals surface area (Å²) in [6.45, 7) is 4.56. The fourth-order valence-corrected chi connectivity index (χ4v) is 2.66. The van der Waals surface area contributed by atoms with Gasteiger partial charge in [0, 0.05) is 31.5 Å². The molecule has 1 N–H and O–H groups in total. The van der Waals surface area contributed by atoms with Gasteiger partial charge in [0.15, 0.2) is 0 Å². The number of nitrogens with zero attached hydrogens (tertiary/aromatic N) is 2. The fourth-order valence-electron chi connectivity index (χ4n) is 2.66. The zero-order valence-electron chi connectivity index (χ0n) is 13.2. The summed E-state index contributed by atoms with van der Waals surface area (Å²) in [5.41, 5.74) is 2.65. The third-order valence-electron chi connectivity index (χ3n) is 3.97. The molecule has 1 saturated heterocycles. The van der Waals surface area contributed by atoms with Crippen molar-refractivity contribution in [2.75, 3.05) is 31.6 Å². The Morgan fingerprint density at radius 1 is 1.22 bits per heavy atom. The maximum Gasteiger partial charge on any atom is 0.255 e. The van der Waals surface area contributed by atoms with Crippen molar-refractivity contribution in [3.05, 3.63) is 59.9 Å². The predicted octanol–water partition coefficient (Wildman–Crippen LogP) is 2.73. The maximum absolute atomic E-state index is 12.5. The van der Waals surface area contributed by atoms with Crippen LogP contribution < -0.4 is 5.32 Å². The summed E-state index contributed by atoms with van der Waals surface area (Å²) < 4.78 is 5.29. The van der Waals surface area contributed by atoms with Gasteiger partial charge >= 0.3 is 0 Å². The van der Waals surface area contributed by atoms with Gasteiger partial charge in [0.25, 0.3) is 5.91 Å². The minimum Gasteiger partial charge on any atom is -0.378 e. The van der Waals surface area contributed by atoms with Crippen LogP contribution in [0.4, 0.5) is 5.69 Å². The molecule has 2 heterocycles. The Labute approximate surface area is 136 Å². The zero-order chi connectivity index (χ0) is 16.1. The van der Waals surface area contributed by atoms with Crippen molar-refractivity contribution in [1.82, 2.24) is 9.88 Å². The summed E-state index contributed by atoms with van der Waals surface area (Å²) in [5, 5.41) is 3.40. The first-order chi connectivity index (χ1) is 11.2. The van der Waals surface area contributed by atoms with Crippen molar-refractivity contribution in [1.29, 1.82) is 0 Å². The Bertz CT molecular complexity index is 654. The number of morpholine rings is 1. The van der Waals surface area contributed by atoms with E-state index in [4.69, 9.17) is 4.74 Å². The predicted molar refractivity (Wildman–Crippen MR) is 89.4 cm³/mol. The number of rotatable bonds is 4. The van der Waals surface area contributed by atoms with Crippen molar-refractivity contribution in [3.63, 3.8) is 0 Å². The Kier molecular flexibility index (Phi) is 4.88. The van der Waals surface area contributed by atoms with Crippen LogP contribution in [0.15, 0.2) is 48.8 Å². The van der Waals surface area contributed by atoms with Gasteiger partial charge < -0.3 is 15.0 Å². The first kappa shape index (κ1) is 15.5. The summed E-state index contributed by atoms with van der Waals surface area (Å²) in [4.78, 5) is 18.5. The average molecular weight is 311 g/mol.